The average molecular weight is 364 g/mol. The van der Waals surface area contributed by atoms with Crippen LogP contribution in [0.15, 0.2) is 6.07 Å². The molecule has 1 aromatic rings. The van der Waals surface area contributed by atoms with Gasteiger partial charge in [0.1, 0.15) is 5.82 Å². The Morgan fingerprint density at radius 3 is 2.31 bits per heavy atom. The second-order valence-electron chi connectivity index (χ2n) is 9.46. The molecule has 6 heteroatoms. The first-order chi connectivity index (χ1) is 12.0. The van der Waals surface area contributed by atoms with Gasteiger partial charge in [-0.25, -0.2) is 9.48 Å². The van der Waals surface area contributed by atoms with Crippen LogP contribution in [0.2, 0.25) is 0 Å². The number of nitrogens with one attached hydrogen (secondary N) is 2. The molecule has 1 aliphatic heterocycles. The second kappa shape index (κ2) is 7.99. The van der Waals surface area contributed by atoms with Crippen molar-refractivity contribution in [1.82, 2.24) is 20.0 Å². The maximum absolute atomic E-state index is 12.5. The molecule has 2 rings (SSSR count). The smallest absolute Gasteiger partial charge is 0.320 e. The van der Waals surface area contributed by atoms with Crippen LogP contribution < -0.4 is 10.6 Å². The summed E-state index contributed by atoms with van der Waals surface area (Å²) >= 11 is 0. The number of rotatable bonds is 4. The van der Waals surface area contributed by atoms with Gasteiger partial charge in [-0.15, -0.1) is 0 Å². The molecule has 0 atom stereocenters. The standard InChI is InChI=1S/C20H37N5O/c1-8-11-24-12-9-15(10-13-24)21-18(26)22-17-14-16(19(2,3)4)23-25(17)20(5,6)7/h14-15H,8-13H2,1-7H3,(H2,21,22,26). The van der Waals surface area contributed by atoms with E-state index in [2.05, 4.69) is 64.0 Å². The number of anilines is 1. The molecule has 0 saturated carbocycles. The molecule has 0 bridgehead atoms. The Kier molecular flexibility index (Phi) is 6.37. The number of nitrogens with zero attached hydrogens (tertiary/aromatic N) is 3. The summed E-state index contributed by atoms with van der Waals surface area (Å²) in [5.41, 5.74) is 0.725. The highest BCUT2D eigenvalue weighted by Gasteiger charge is 2.26. The monoisotopic (exact) mass is 363 g/mol. The summed E-state index contributed by atoms with van der Waals surface area (Å²) in [5, 5.41) is 10.9. The van der Waals surface area contributed by atoms with Crippen molar-refractivity contribution in [2.45, 2.75) is 84.7 Å². The van der Waals surface area contributed by atoms with Gasteiger partial charge in [-0.1, -0.05) is 27.7 Å². The van der Waals surface area contributed by atoms with Crippen LogP contribution in [0.1, 0.15) is 73.4 Å². The second-order valence-corrected chi connectivity index (χ2v) is 9.46. The molecule has 2 heterocycles. The van der Waals surface area contributed by atoms with Crippen molar-refractivity contribution in [3.05, 3.63) is 11.8 Å². The summed E-state index contributed by atoms with van der Waals surface area (Å²) in [6.07, 6.45) is 3.21. The fraction of sp³-hybridized carbons (Fsp3) is 0.800. The molecule has 0 aromatic carbocycles. The quantitative estimate of drug-likeness (QED) is 0.852. The zero-order chi connectivity index (χ0) is 19.5. The van der Waals surface area contributed by atoms with E-state index in [1.54, 1.807) is 0 Å². The van der Waals surface area contributed by atoms with Gasteiger partial charge >= 0.3 is 6.03 Å². The molecule has 6 nitrogen and oxygen atoms in total. The summed E-state index contributed by atoms with van der Waals surface area (Å²) in [4.78, 5) is 15.0. The third kappa shape index (κ3) is 5.47. The first-order valence-electron chi connectivity index (χ1n) is 9.91. The molecule has 2 amide bonds. The topological polar surface area (TPSA) is 62.2 Å². The van der Waals surface area contributed by atoms with Crippen LogP contribution in [0, 0.1) is 0 Å². The number of hydrogen-bond donors (Lipinski definition) is 2. The van der Waals surface area contributed by atoms with Crippen LogP contribution in [0.4, 0.5) is 10.6 Å². The predicted molar refractivity (Wildman–Crippen MR) is 108 cm³/mol. The number of carbonyl (C=O) groups is 1. The Balaban J connectivity index is 2.01. The molecule has 1 saturated heterocycles. The maximum atomic E-state index is 12.5. The first-order valence-corrected chi connectivity index (χ1v) is 9.91. The van der Waals surface area contributed by atoms with Crippen molar-refractivity contribution < 1.29 is 4.79 Å². The molecule has 1 aliphatic rings. The molecule has 26 heavy (non-hydrogen) atoms. The zero-order valence-corrected chi connectivity index (χ0v) is 17.6. The van der Waals surface area contributed by atoms with Crippen LogP contribution in [0.3, 0.4) is 0 Å². The van der Waals surface area contributed by atoms with E-state index in [0.29, 0.717) is 0 Å². The molecule has 2 N–H and O–H groups in total. The minimum absolute atomic E-state index is 0.0600. The molecule has 0 radical (unpaired) electrons. The average Bonchev–Trinajstić information content (AvgIpc) is 2.93. The normalized spacial score (nSPS) is 17.3. The number of likely N-dealkylation sites (tertiary alicyclic amines) is 1. The van der Waals surface area contributed by atoms with Crippen LogP contribution in [-0.2, 0) is 11.0 Å². The van der Waals surface area contributed by atoms with Gasteiger partial charge < -0.3 is 10.2 Å². The van der Waals surface area contributed by atoms with E-state index < -0.39 is 0 Å². The number of carbonyl (C=O) groups excluding carboxylic acids is 1. The van der Waals surface area contributed by atoms with E-state index in [1.807, 2.05) is 10.7 Å². The Hall–Kier alpha value is -1.56. The molecule has 0 spiro atoms. The van der Waals surface area contributed by atoms with E-state index in [-0.39, 0.29) is 23.0 Å². The highest BCUT2D eigenvalue weighted by Crippen LogP contribution is 2.28. The summed E-state index contributed by atoms with van der Waals surface area (Å²) < 4.78 is 1.91. The summed E-state index contributed by atoms with van der Waals surface area (Å²) in [6, 6.07) is 2.11. The Morgan fingerprint density at radius 1 is 1.19 bits per heavy atom. The SMILES string of the molecule is CCCN1CCC(NC(=O)Nc2cc(C(C)(C)C)nn2C(C)(C)C)CC1. The lowest BCUT2D eigenvalue weighted by atomic mass is 9.92. The third-order valence-corrected chi connectivity index (χ3v) is 4.82. The third-order valence-electron chi connectivity index (χ3n) is 4.82. The van der Waals surface area contributed by atoms with Gasteiger partial charge in [0.15, 0.2) is 0 Å². The number of aromatic nitrogens is 2. The number of piperidine rings is 1. The van der Waals surface area contributed by atoms with E-state index >= 15 is 0 Å². The van der Waals surface area contributed by atoms with E-state index in [1.165, 1.54) is 6.42 Å². The first kappa shape index (κ1) is 20.7. The van der Waals surface area contributed by atoms with Gasteiger partial charge in [0.05, 0.1) is 11.2 Å². The van der Waals surface area contributed by atoms with Gasteiger partial charge in [-0.3, -0.25) is 5.32 Å². The highest BCUT2D eigenvalue weighted by molar-refractivity contribution is 5.88. The lowest BCUT2D eigenvalue weighted by Gasteiger charge is -2.32. The van der Waals surface area contributed by atoms with Gasteiger partial charge in [0.2, 0.25) is 0 Å². The van der Waals surface area contributed by atoms with Crippen molar-refractivity contribution in [2.24, 2.45) is 0 Å². The van der Waals surface area contributed by atoms with Gasteiger partial charge in [-0.2, -0.15) is 5.10 Å². The van der Waals surface area contributed by atoms with E-state index in [0.717, 1.165) is 44.0 Å². The largest absolute Gasteiger partial charge is 0.335 e. The van der Waals surface area contributed by atoms with E-state index in [9.17, 15) is 4.79 Å². The fourth-order valence-electron chi connectivity index (χ4n) is 3.30. The van der Waals surface area contributed by atoms with Crippen LogP contribution in [0.5, 0.6) is 0 Å². The number of hydrogen-bond acceptors (Lipinski definition) is 3. The van der Waals surface area contributed by atoms with Crippen molar-refractivity contribution in [1.29, 1.82) is 0 Å². The Bertz CT molecular complexity index is 601. The van der Waals surface area contributed by atoms with Crippen LogP contribution in [-0.4, -0.2) is 46.4 Å². The molecule has 0 aliphatic carbocycles. The molecule has 1 aromatic heterocycles. The summed E-state index contributed by atoms with van der Waals surface area (Å²) in [6.45, 7) is 18.2. The lowest BCUT2D eigenvalue weighted by molar-refractivity contribution is 0.196. The molecular formula is C20H37N5O. The Morgan fingerprint density at radius 2 is 1.81 bits per heavy atom. The van der Waals surface area contributed by atoms with Crippen molar-refractivity contribution in [3.8, 4) is 0 Å². The van der Waals surface area contributed by atoms with Crippen LogP contribution in [0.25, 0.3) is 0 Å². The molecule has 148 valence electrons. The van der Waals surface area contributed by atoms with Crippen molar-refractivity contribution in [3.63, 3.8) is 0 Å². The highest BCUT2D eigenvalue weighted by atomic mass is 16.2. The fourth-order valence-corrected chi connectivity index (χ4v) is 3.30. The van der Waals surface area contributed by atoms with Crippen LogP contribution >= 0.6 is 0 Å². The molecule has 0 unspecified atom stereocenters. The Labute approximate surface area is 158 Å². The summed E-state index contributed by atoms with van der Waals surface area (Å²) in [7, 11) is 0. The van der Waals surface area contributed by atoms with Crippen molar-refractivity contribution >= 4 is 11.8 Å². The van der Waals surface area contributed by atoms with Gasteiger partial charge in [0.25, 0.3) is 0 Å². The minimum atomic E-state index is -0.197. The number of amides is 2. The molecule has 1 fully saturated rings. The number of urea groups is 1. The van der Waals surface area contributed by atoms with E-state index in [4.69, 9.17) is 5.10 Å². The zero-order valence-electron chi connectivity index (χ0n) is 17.6. The van der Waals surface area contributed by atoms with Crippen molar-refractivity contribution in [2.75, 3.05) is 25.0 Å². The lowest BCUT2D eigenvalue weighted by Crippen LogP contribution is -2.46. The minimum Gasteiger partial charge on any atom is -0.335 e. The molecular weight excluding hydrogens is 326 g/mol. The summed E-state index contributed by atoms with van der Waals surface area (Å²) in [5.74, 6) is 0.753. The predicted octanol–water partition coefficient (Wildman–Crippen LogP) is 3.93. The van der Waals surface area contributed by atoms with Gasteiger partial charge in [-0.05, 0) is 46.6 Å². The maximum Gasteiger partial charge on any atom is 0.320 e. The van der Waals surface area contributed by atoms with Gasteiger partial charge in [0, 0.05) is 30.6 Å².